The fourth-order valence-corrected chi connectivity index (χ4v) is 0.944. The van der Waals surface area contributed by atoms with Gasteiger partial charge in [-0.3, -0.25) is 0 Å². The highest BCUT2D eigenvalue weighted by Crippen LogP contribution is 1.92. The van der Waals surface area contributed by atoms with Crippen molar-refractivity contribution >= 4 is 0 Å². The van der Waals surface area contributed by atoms with Crippen molar-refractivity contribution in [3.8, 4) is 0 Å². The Balaban J connectivity index is 3.44. The highest BCUT2D eigenvalue weighted by molar-refractivity contribution is 4.98. The summed E-state index contributed by atoms with van der Waals surface area (Å²) in [5.74, 6) is 0. The first kappa shape index (κ1) is 9.66. The SMILES string of the molecule is C=C(CN(C)C)CN(C)C. The molecule has 0 rings (SSSR count). The lowest BCUT2D eigenvalue weighted by Crippen LogP contribution is -2.22. The molecule has 0 atom stereocenters. The van der Waals surface area contributed by atoms with Crippen molar-refractivity contribution in [1.82, 2.24) is 9.80 Å². The van der Waals surface area contributed by atoms with E-state index in [1.165, 1.54) is 5.57 Å². The van der Waals surface area contributed by atoms with Crippen LogP contribution in [0.4, 0.5) is 0 Å². The first-order chi connectivity index (χ1) is 4.52. The number of nitrogens with zero attached hydrogens (tertiary/aromatic N) is 2. The molecule has 0 aromatic heterocycles. The van der Waals surface area contributed by atoms with E-state index >= 15 is 0 Å². The summed E-state index contributed by atoms with van der Waals surface area (Å²) in [4.78, 5) is 4.26. The van der Waals surface area contributed by atoms with E-state index in [-0.39, 0.29) is 0 Å². The molecule has 0 saturated carbocycles. The van der Waals surface area contributed by atoms with Crippen LogP contribution in [0.1, 0.15) is 0 Å². The first-order valence-electron chi connectivity index (χ1n) is 3.48. The Morgan fingerprint density at radius 2 is 1.30 bits per heavy atom. The second-order valence-corrected chi connectivity index (χ2v) is 3.23. The maximum Gasteiger partial charge on any atom is 0.0196 e. The van der Waals surface area contributed by atoms with Crippen LogP contribution in [0.15, 0.2) is 12.2 Å². The highest BCUT2D eigenvalue weighted by atomic mass is 15.1. The van der Waals surface area contributed by atoms with Gasteiger partial charge in [0.15, 0.2) is 0 Å². The van der Waals surface area contributed by atoms with Crippen molar-refractivity contribution in [3.63, 3.8) is 0 Å². The standard InChI is InChI=1S/C8H18N2/c1-8(6-9(2)3)7-10(4)5/h1,6-7H2,2-5H3. The molecular weight excluding hydrogens is 124 g/mol. The minimum atomic E-state index is 0.984. The van der Waals surface area contributed by atoms with Gasteiger partial charge in [0.1, 0.15) is 0 Å². The van der Waals surface area contributed by atoms with Crippen LogP contribution in [0.25, 0.3) is 0 Å². The summed E-state index contributed by atoms with van der Waals surface area (Å²) in [6.07, 6.45) is 0. The molecule has 0 aromatic carbocycles. The van der Waals surface area contributed by atoms with Gasteiger partial charge >= 0.3 is 0 Å². The molecule has 0 spiro atoms. The molecule has 0 N–H and O–H groups in total. The zero-order valence-electron chi connectivity index (χ0n) is 7.52. The number of rotatable bonds is 4. The molecule has 0 bridgehead atoms. The van der Waals surface area contributed by atoms with E-state index in [9.17, 15) is 0 Å². The molecule has 10 heavy (non-hydrogen) atoms. The Kier molecular flexibility index (Phi) is 4.32. The van der Waals surface area contributed by atoms with E-state index < -0.39 is 0 Å². The summed E-state index contributed by atoms with van der Waals surface area (Å²) in [6.45, 7) is 5.92. The van der Waals surface area contributed by atoms with Crippen molar-refractivity contribution < 1.29 is 0 Å². The van der Waals surface area contributed by atoms with Crippen molar-refractivity contribution in [3.05, 3.63) is 12.2 Å². The Labute approximate surface area is 64.1 Å². The lowest BCUT2D eigenvalue weighted by molar-refractivity contribution is 0.397. The minimum absolute atomic E-state index is 0.984. The van der Waals surface area contributed by atoms with Crippen LogP contribution in [0.2, 0.25) is 0 Å². The molecule has 0 unspecified atom stereocenters. The summed E-state index contributed by atoms with van der Waals surface area (Å²) in [6, 6.07) is 0. The Bertz CT molecular complexity index is 93.8. The average Bonchev–Trinajstić information content (AvgIpc) is 1.58. The number of likely N-dealkylation sites (N-methyl/N-ethyl adjacent to an activating group) is 2. The zero-order valence-corrected chi connectivity index (χ0v) is 7.52. The third-order valence-corrected chi connectivity index (χ3v) is 1.08. The molecule has 0 saturated heterocycles. The molecule has 2 heteroatoms. The summed E-state index contributed by atoms with van der Waals surface area (Å²) in [5.41, 5.74) is 1.26. The summed E-state index contributed by atoms with van der Waals surface area (Å²) < 4.78 is 0. The van der Waals surface area contributed by atoms with E-state index in [4.69, 9.17) is 0 Å². The van der Waals surface area contributed by atoms with Crippen molar-refractivity contribution in [2.45, 2.75) is 0 Å². The van der Waals surface area contributed by atoms with Crippen molar-refractivity contribution in [2.75, 3.05) is 41.3 Å². The highest BCUT2D eigenvalue weighted by Gasteiger charge is 1.96. The van der Waals surface area contributed by atoms with Gasteiger partial charge in [0, 0.05) is 13.1 Å². The van der Waals surface area contributed by atoms with Gasteiger partial charge in [-0.1, -0.05) is 6.58 Å². The fourth-order valence-electron chi connectivity index (χ4n) is 0.944. The molecule has 60 valence electrons. The molecule has 0 aliphatic rings. The Morgan fingerprint density at radius 1 is 1.00 bits per heavy atom. The summed E-state index contributed by atoms with van der Waals surface area (Å²) >= 11 is 0. The molecular formula is C8H18N2. The molecule has 2 nitrogen and oxygen atoms in total. The van der Waals surface area contributed by atoms with Gasteiger partial charge in [-0.25, -0.2) is 0 Å². The second-order valence-electron chi connectivity index (χ2n) is 3.23. The number of hydrogen-bond acceptors (Lipinski definition) is 2. The maximum absolute atomic E-state index is 3.95. The van der Waals surface area contributed by atoms with Gasteiger partial charge in [0.2, 0.25) is 0 Å². The van der Waals surface area contributed by atoms with Crippen LogP contribution in [-0.2, 0) is 0 Å². The average molecular weight is 142 g/mol. The minimum Gasteiger partial charge on any atom is -0.305 e. The van der Waals surface area contributed by atoms with Gasteiger partial charge in [-0.05, 0) is 33.8 Å². The molecule has 0 aliphatic heterocycles. The van der Waals surface area contributed by atoms with E-state index in [1.54, 1.807) is 0 Å². The lowest BCUT2D eigenvalue weighted by Gasteiger charge is -2.15. The van der Waals surface area contributed by atoms with Gasteiger partial charge in [-0.15, -0.1) is 0 Å². The van der Waals surface area contributed by atoms with Gasteiger partial charge < -0.3 is 9.80 Å². The topological polar surface area (TPSA) is 6.48 Å². The lowest BCUT2D eigenvalue weighted by atomic mass is 10.3. The molecule has 0 aliphatic carbocycles. The predicted octanol–water partition coefficient (Wildman–Crippen LogP) is 0.666. The van der Waals surface area contributed by atoms with E-state index in [0.717, 1.165) is 13.1 Å². The van der Waals surface area contributed by atoms with Crippen molar-refractivity contribution in [2.24, 2.45) is 0 Å². The molecule has 0 fully saturated rings. The third-order valence-electron chi connectivity index (χ3n) is 1.08. The maximum atomic E-state index is 3.95. The Morgan fingerprint density at radius 3 is 1.50 bits per heavy atom. The van der Waals surface area contributed by atoms with Gasteiger partial charge in [0.05, 0.1) is 0 Å². The number of hydrogen-bond donors (Lipinski definition) is 0. The van der Waals surface area contributed by atoms with Gasteiger partial charge in [0.25, 0.3) is 0 Å². The first-order valence-corrected chi connectivity index (χ1v) is 3.48. The van der Waals surface area contributed by atoms with Crippen LogP contribution in [-0.4, -0.2) is 51.1 Å². The normalized spacial score (nSPS) is 11.0. The summed E-state index contributed by atoms with van der Waals surface area (Å²) in [7, 11) is 8.23. The van der Waals surface area contributed by atoms with Crippen LogP contribution in [0.5, 0.6) is 0 Å². The van der Waals surface area contributed by atoms with E-state index in [0.29, 0.717) is 0 Å². The fraction of sp³-hybridized carbons (Fsp3) is 0.750. The monoisotopic (exact) mass is 142 g/mol. The Hall–Kier alpha value is -0.340. The zero-order chi connectivity index (χ0) is 8.15. The van der Waals surface area contributed by atoms with E-state index in [1.807, 2.05) is 0 Å². The van der Waals surface area contributed by atoms with E-state index in [2.05, 4.69) is 44.6 Å². The van der Waals surface area contributed by atoms with Crippen molar-refractivity contribution in [1.29, 1.82) is 0 Å². The van der Waals surface area contributed by atoms with Gasteiger partial charge in [-0.2, -0.15) is 0 Å². The second kappa shape index (κ2) is 4.47. The quantitative estimate of drug-likeness (QED) is 0.532. The molecule has 0 aromatic rings. The van der Waals surface area contributed by atoms with Crippen LogP contribution < -0.4 is 0 Å². The predicted molar refractivity (Wildman–Crippen MR) is 46.2 cm³/mol. The van der Waals surface area contributed by atoms with Crippen LogP contribution >= 0.6 is 0 Å². The molecule has 0 heterocycles. The largest absolute Gasteiger partial charge is 0.305 e. The summed E-state index contributed by atoms with van der Waals surface area (Å²) in [5, 5.41) is 0. The third kappa shape index (κ3) is 5.79. The van der Waals surface area contributed by atoms with Crippen LogP contribution in [0.3, 0.4) is 0 Å². The molecule has 0 radical (unpaired) electrons. The smallest absolute Gasteiger partial charge is 0.0196 e. The molecule has 0 amide bonds. The van der Waals surface area contributed by atoms with Crippen LogP contribution in [0, 0.1) is 0 Å².